The number of halogens is 3. The van der Waals surface area contributed by atoms with Crippen LogP contribution in [0.5, 0.6) is 0 Å². The lowest BCUT2D eigenvalue weighted by Gasteiger charge is -2.11. The maximum Gasteiger partial charge on any atom is 0.197 e. The molecule has 0 bridgehead atoms. The molecule has 2 aromatic carbocycles. The van der Waals surface area contributed by atoms with Gasteiger partial charge in [0.05, 0.1) is 11.1 Å². The molecule has 120 valence electrons. The second-order valence-corrected chi connectivity index (χ2v) is 6.40. The van der Waals surface area contributed by atoms with Gasteiger partial charge in [0, 0.05) is 27.7 Å². The average Bonchev–Trinajstić information content (AvgIpc) is 2.56. The fraction of sp³-hybridized carbons (Fsp3) is 0. The van der Waals surface area contributed by atoms with Crippen LogP contribution in [0.25, 0.3) is 28.5 Å². The number of hydrogen-bond acceptors (Lipinski definition) is 1. The first-order chi connectivity index (χ1) is 11.5. The van der Waals surface area contributed by atoms with Crippen molar-refractivity contribution in [2.45, 2.75) is 0 Å². The summed E-state index contributed by atoms with van der Waals surface area (Å²) >= 11 is 2.14. The van der Waals surface area contributed by atoms with Crippen LogP contribution in [0.15, 0.2) is 66.2 Å². The van der Waals surface area contributed by atoms with Gasteiger partial charge in [0.25, 0.3) is 0 Å². The lowest BCUT2D eigenvalue weighted by molar-refractivity contribution is 0.589. The molecule has 1 heterocycles. The van der Waals surface area contributed by atoms with Gasteiger partial charge < -0.3 is 4.57 Å². The van der Waals surface area contributed by atoms with Crippen molar-refractivity contribution in [3.63, 3.8) is 0 Å². The fourth-order valence-electron chi connectivity index (χ4n) is 2.50. The van der Waals surface area contributed by atoms with E-state index in [9.17, 15) is 13.6 Å². The minimum Gasteiger partial charge on any atom is -0.330 e. The number of nitrogens with zero attached hydrogens (tertiary/aromatic N) is 1. The Morgan fingerprint density at radius 3 is 2.25 bits per heavy atom. The van der Waals surface area contributed by atoms with E-state index in [4.69, 9.17) is 0 Å². The van der Waals surface area contributed by atoms with E-state index < -0.39 is 17.1 Å². The molecule has 2 nitrogen and oxygen atoms in total. The van der Waals surface area contributed by atoms with Gasteiger partial charge in [-0.25, -0.2) is 8.78 Å². The van der Waals surface area contributed by atoms with Gasteiger partial charge in [0.15, 0.2) is 5.43 Å². The molecule has 0 unspecified atom stereocenters. The van der Waals surface area contributed by atoms with Crippen LogP contribution < -0.4 is 5.43 Å². The number of pyridine rings is 1. The highest BCUT2D eigenvalue weighted by Gasteiger charge is 2.17. The highest BCUT2D eigenvalue weighted by atomic mass is 127. The van der Waals surface area contributed by atoms with E-state index in [-0.39, 0.29) is 11.1 Å². The molecule has 0 atom stereocenters. The van der Waals surface area contributed by atoms with Crippen LogP contribution in [0.3, 0.4) is 0 Å². The lowest BCUT2D eigenvalue weighted by Crippen LogP contribution is -2.12. The third-order valence-electron chi connectivity index (χ3n) is 3.62. The first-order valence-corrected chi connectivity index (χ1v) is 8.18. The molecular formula is C19H12F2INO. The first kappa shape index (κ1) is 16.6. The van der Waals surface area contributed by atoms with Crippen molar-refractivity contribution in [2.24, 2.45) is 0 Å². The maximum absolute atomic E-state index is 14.1. The summed E-state index contributed by atoms with van der Waals surface area (Å²) in [7, 11) is 0. The quantitative estimate of drug-likeness (QED) is 0.521. The van der Waals surface area contributed by atoms with Crippen LogP contribution in [-0.4, -0.2) is 4.57 Å². The normalized spacial score (nSPS) is 10.6. The van der Waals surface area contributed by atoms with Gasteiger partial charge in [-0.1, -0.05) is 24.8 Å². The fourth-order valence-corrected chi connectivity index (χ4v) is 3.04. The van der Waals surface area contributed by atoms with Crippen molar-refractivity contribution in [1.29, 1.82) is 0 Å². The Balaban J connectivity index is 2.35. The van der Waals surface area contributed by atoms with Crippen molar-refractivity contribution in [2.75, 3.05) is 0 Å². The van der Waals surface area contributed by atoms with E-state index in [0.717, 1.165) is 15.7 Å². The number of aromatic nitrogens is 1. The number of benzene rings is 2. The van der Waals surface area contributed by atoms with Crippen LogP contribution in [0.2, 0.25) is 0 Å². The van der Waals surface area contributed by atoms with Crippen LogP contribution in [0, 0.1) is 15.2 Å². The van der Waals surface area contributed by atoms with Gasteiger partial charge >= 0.3 is 0 Å². The molecule has 1 aromatic heterocycles. The van der Waals surface area contributed by atoms with Crippen LogP contribution >= 0.6 is 22.6 Å². The molecule has 0 amide bonds. The van der Waals surface area contributed by atoms with Crippen LogP contribution in [0.4, 0.5) is 8.78 Å². The predicted octanol–water partition coefficient (Wildman–Crippen LogP) is 5.17. The zero-order valence-corrected chi connectivity index (χ0v) is 14.6. The highest BCUT2D eigenvalue weighted by molar-refractivity contribution is 14.1. The third-order valence-corrected chi connectivity index (χ3v) is 4.30. The summed E-state index contributed by atoms with van der Waals surface area (Å²) in [5.74, 6) is -1.55. The summed E-state index contributed by atoms with van der Waals surface area (Å²) in [6.45, 7) is 3.66. The standard InChI is InChI=1S/C19H12F2INO/c1-2-23-10-14(12-5-3-6-13(22)9-12)19(24)15(11-23)18-16(20)7-4-8-17(18)21/h2-11H,1H2. The van der Waals surface area contributed by atoms with Crippen molar-refractivity contribution in [1.82, 2.24) is 4.57 Å². The molecule has 5 heteroatoms. The van der Waals surface area contributed by atoms with Crippen molar-refractivity contribution in [3.05, 3.63) is 86.9 Å². The molecule has 24 heavy (non-hydrogen) atoms. The Bertz CT molecular complexity index is 975. The molecule has 0 fully saturated rings. The van der Waals surface area contributed by atoms with Gasteiger partial charge in [-0.05, 0) is 52.4 Å². The van der Waals surface area contributed by atoms with Gasteiger partial charge in [0.2, 0.25) is 0 Å². The second-order valence-electron chi connectivity index (χ2n) is 5.15. The highest BCUT2D eigenvalue weighted by Crippen LogP contribution is 2.26. The summed E-state index contributed by atoms with van der Waals surface area (Å²) in [6, 6.07) is 10.9. The molecule has 0 spiro atoms. The summed E-state index contributed by atoms with van der Waals surface area (Å²) in [5.41, 5.74) is 0.237. The summed E-state index contributed by atoms with van der Waals surface area (Å²) in [5, 5.41) is 0. The predicted molar refractivity (Wildman–Crippen MR) is 101 cm³/mol. The van der Waals surface area contributed by atoms with Crippen molar-refractivity contribution in [3.8, 4) is 22.3 Å². The molecule has 0 saturated carbocycles. The van der Waals surface area contributed by atoms with Gasteiger partial charge in [-0.2, -0.15) is 0 Å². The number of hydrogen-bond donors (Lipinski definition) is 0. The summed E-state index contributed by atoms with van der Waals surface area (Å²) in [6.07, 6.45) is 4.45. The molecule has 3 rings (SSSR count). The SMILES string of the molecule is C=Cn1cc(-c2cccc(I)c2)c(=O)c(-c2c(F)cccc2F)c1. The van der Waals surface area contributed by atoms with E-state index in [2.05, 4.69) is 29.2 Å². The zero-order chi connectivity index (χ0) is 17.3. The molecule has 0 aliphatic heterocycles. The second kappa shape index (κ2) is 6.68. The van der Waals surface area contributed by atoms with Crippen molar-refractivity contribution >= 4 is 28.8 Å². The molecule has 0 N–H and O–H groups in total. The summed E-state index contributed by atoms with van der Waals surface area (Å²) < 4.78 is 30.8. The topological polar surface area (TPSA) is 22.0 Å². The Kier molecular flexibility index (Phi) is 4.62. The average molecular weight is 435 g/mol. The molecule has 0 radical (unpaired) electrons. The molecule has 0 saturated heterocycles. The largest absolute Gasteiger partial charge is 0.330 e. The first-order valence-electron chi connectivity index (χ1n) is 7.10. The van der Waals surface area contributed by atoms with Crippen molar-refractivity contribution < 1.29 is 8.78 Å². The van der Waals surface area contributed by atoms with E-state index in [1.165, 1.54) is 23.0 Å². The molecule has 3 aromatic rings. The van der Waals surface area contributed by atoms with E-state index in [0.29, 0.717) is 11.1 Å². The van der Waals surface area contributed by atoms with Crippen LogP contribution in [-0.2, 0) is 0 Å². The third kappa shape index (κ3) is 3.03. The minimum atomic E-state index is -0.775. The zero-order valence-electron chi connectivity index (χ0n) is 12.5. The smallest absolute Gasteiger partial charge is 0.197 e. The van der Waals surface area contributed by atoms with E-state index in [1.54, 1.807) is 12.3 Å². The van der Waals surface area contributed by atoms with Crippen LogP contribution in [0.1, 0.15) is 0 Å². The Morgan fingerprint density at radius 2 is 1.62 bits per heavy atom. The Morgan fingerprint density at radius 1 is 1.00 bits per heavy atom. The Hall–Kier alpha value is -2.28. The van der Waals surface area contributed by atoms with E-state index >= 15 is 0 Å². The molecule has 0 aliphatic carbocycles. The van der Waals surface area contributed by atoms with Gasteiger partial charge in [-0.15, -0.1) is 0 Å². The maximum atomic E-state index is 14.1. The summed E-state index contributed by atoms with van der Waals surface area (Å²) in [4.78, 5) is 12.9. The minimum absolute atomic E-state index is 0.0399. The Labute approximate surface area is 151 Å². The van der Waals surface area contributed by atoms with E-state index in [1.807, 2.05) is 18.2 Å². The van der Waals surface area contributed by atoms with Gasteiger partial charge in [-0.3, -0.25) is 4.79 Å². The molecule has 0 aliphatic rings. The van der Waals surface area contributed by atoms with Gasteiger partial charge in [0.1, 0.15) is 11.6 Å². The molecular weight excluding hydrogens is 423 g/mol. The monoisotopic (exact) mass is 435 g/mol. The number of rotatable bonds is 3. The lowest BCUT2D eigenvalue weighted by atomic mass is 10.00.